The highest BCUT2D eigenvalue weighted by atomic mass is 19.1. The molecule has 0 aliphatic rings. The van der Waals surface area contributed by atoms with E-state index in [2.05, 4.69) is 5.32 Å². The molecular formula is C16H19F2NO. The summed E-state index contributed by atoms with van der Waals surface area (Å²) in [6.45, 7) is 6.22. The largest absolute Gasteiger partial charge is 0.464 e. The number of aryl methyl sites for hydroxylation is 2. The van der Waals surface area contributed by atoms with E-state index < -0.39 is 17.7 Å². The SMILES string of the molecule is CCCNC(c1ccc(C)o1)c1cc(C)c(F)cc1F. The summed E-state index contributed by atoms with van der Waals surface area (Å²) < 4.78 is 33.1. The first-order chi connectivity index (χ1) is 9.52. The van der Waals surface area contributed by atoms with Gasteiger partial charge in [0.15, 0.2) is 0 Å². The molecule has 1 aromatic heterocycles. The topological polar surface area (TPSA) is 25.2 Å². The van der Waals surface area contributed by atoms with Crippen LogP contribution in [0.5, 0.6) is 0 Å². The summed E-state index contributed by atoms with van der Waals surface area (Å²) >= 11 is 0. The fraction of sp³-hybridized carbons (Fsp3) is 0.375. The summed E-state index contributed by atoms with van der Waals surface area (Å²) in [6, 6.07) is 5.73. The molecule has 0 aliphatic heterocycles. The van der Waals surface area contributed by atoms with Gasteiger partial charge in [0.2, 0.25) is 0 Å². The zero-order valence-electron chi connectivity index (χ0n) is 12.0. The molecular weight excluding hydrogens is 260 g/mol. The summed E-state index contributed by atoms with van der Waals surface area (Å²) in [4.78, 5) is 0. The van der Waals surface area contributed by atoms with Gasteiger partial charge >= 0.3 is 0 Å². The molecule has 108 valence electrons. The molecule has 0 spiro atoms. The predicted octanol–water partition coefficient (Wildman–Crippen LogP) is 4.26. The number of benzene rings is 1. The smallest absolute Gasteiger partial charge is 0.131 e. The van der Waals surface area contributed by atoms with Crippen LogP contribution in [-0.2, 0) is 0 Å². The van der Waals surface area contributed by atoms with Gasteiger partial charge in [-0.3, -0.25) is 0 Å². The van der Waals surface area contributed by atoms with Gasteiger partial charge in [0.1, 0.15) is 23.2 Å². The fourth-order valence-electron chi connectivity index (χ4n) is 2.16. The Morgan fingerprint density at radius 3 is 2.50 bits per heavy atom. The number of hydrogen-bond donors (Lipinski definition) is 1. The molecule has 1 N–H and O–H groups in total. The van der Waals surface area contributed by atoms with Gasteiger partial charge in [0, 0.05) is 11.6 Å². The fourth-order valence-corrected chi connectivity index (χ4v) is 2.16. The Morgan fingerprint density at radius 1 is 1.15 bits per heavy atom. The van der Waals surface area contributed by atoms with Crippen molar-refractivity contribution in [3.05, 3.63) is 58.5 Å². The molecule has 20 heavy (non-hydrogen) atoms. The molecule has 0 saturated heterocycles. The standard InChI is InChI=1S/C16H19F2NO/c1-4-7-19-16(15-6-5-11(3)20-15)12-8-10(2)13(17)9-14(12)18/h5-6,8-9,16,19H,4,7H2,1-3H3. The summed E-state index contributed by atoms with van der Waals surface area (Å²) in [5, 5.41) is 3.25. The minimum absolute atomic E-state index is 0.400. The van der Waals surface area contributed by atoms with E-state index in [0.29, 0.717) is 16.9 Å². The third-order valence-electron chi connectivity index (χ3n) is 3.23. The lowest BCUT2D eigenvalue weighted by molar-refractivity contribution is 0.420. The number of hydrogen-bond acceptors (Lipinski definition) is 2. The Bertz CT molecular complexity index is 592. The van der Waals surface area contributed by atoms with Crippen LogP contribution >= 0.6 is 0 Å². The molecule has 0 amide bonds. The first-order valence-electron chi connectivity index (χ1n) is 6.78. The zero-order valence-corrected chi connectivity index (χ0v) is 12.0. The molecule has 4 heteroatoms. The van der Waals surface area contributed by atoms with Gasteiger partial charge in [-0.1, -0.05) is 6.92 Å². The minimum Gasteiger partial charge on any atom is -0.464 e. The molecule has 0 radical (unpaired) electrons. The maximum absolute atomic E-state index is 14.1. The van der Waals surface area contributed by atoms with Crippen molar-refractivity contribution < 1.29 is 13.2 Å². The monoisotopic (exact) mass is 279 g/mol. The van der Waals surface area contributed by atoms with Gasteiger partial charge in [-0.25, -0.2) is 8.78 Å². The average molecular weight is 279 g/mol. The van der Waals surface area contributed by atoms with Crippen LogP contribution in [0.2, 0.25) is 0 Å². The molecule has 1 aromatic carbocycles. The van der Waals surface area contributed by atoms with Crippen molar-refractivity contribution in [3.63, 3.8) is 0 Å². The minimum atomic E-state index is -0.559. The third-order valence-corrected chi connectivity index (χ3v) is 3.23. The van der Waals surface area contributed by atoms with Crippen LogP contribution in [0.3, 0.4) is 0 Å². The van der Waals surface area contributed by atoms with E-state index in [-0.39, 0.29) is 0 Å². The van der Waals surface area contributed by atoms with Crippen LogP contribution in [0.1, 0.15) is 42.0 Å². The lowest BCUT2D eigenvalue weighted by atomic mass is 10.0. The van der Waals surface area contributed by atoms with Crippen molar-refractivity contribution in [3.8, 4) is 0 Å². The van der Waals surface area contributed by atoms with Crippen LogP contribution in [0, 0.1) is 25.5 Å². The van der Waals surface area contributed by atoms with Crippen LogP contribution < -0.4 is 5.32 Å². The quantitative estimate of drug-likeness (QED) is 0.884. The van der Waals surface area contributed by atoms with Gasteiger partial charge < -0.3 is 9.73 Å². The normalized spacial score (nSPS) is 12.7. The molecule has 0 aliphatic carbocycles. The molecule has 2 rings (SSSR count). The van der Waals surface area contributed by atoms with Crippen LogP contribution in [0.15, 0.2) is 28.7 Å². The van der Waals surface area contributed by atoms with Crippen LogP contribution in [0.25, 0.3) is 0 Å². The third kappa shape index (κ3) is 3.07. The van der Waals surface area contributed by atoms with E-state index in [1.54, 1.807) is 6.92 Å². The van der Waals surface area contributed by atoms with E-state index in [9.17, 15) is 8.78 Å². The highest BCUT2D eigenvalue weighted by Gasteiger charge is 2.21. The number of nitrogens with one attached hydrogen (secondary N) is 1. The average Bonchev–Trinajstić information content (AvgIpc) is 2.82. The summed E-state index contributed by atoms with van der Waals surface area (Å²) in [7, 11) is 0. The van der Waals surface area contributed by atoms with Crippen molar-refractivity contribution in [1.29, 1.82) is 0 Å². The van der Waals surface area contributed by atoms with E-state index in [4.69, 9.17) is 4.42 Å². The van der Waals surface area contributed by atoms with Gasteiger partial charge in [-0.2, -0.15) is 0 Å². The predicted molar refractivity (Wildman–Crippen MR) is 74.7 cm³/mol. The maximum atomic E-state index is 14.1. The highest BCUT2D eigenvalue weighted by Crippen LogP contribution is 2.27. The van der Waals surface area contributed by atoms with Crippen molar-refractivity contribution in [2.75, 3.05) is 6.54 Å². The Morgan fingerprint density at radius 2 is 1.90 bits per heavy atom. The van der Waals surface area contributed by atoms with Crippen LogP contribution in [-0.4, -0.2) is 6.54 Å². The number of furan rings is 1. The summed E-state index contributed by atoms with van der Waals surface area (Å²) in [6.07, 6.45) is 0.915. The highest BCUT2D eigenvalue weighted by molar-refractivity contribution is 5.33. The van der Waals surface area contributed by atoms with Crippen molar-refractivity contribution in [1.82, 2.24) is 5.32 Å². The first kappa shape index (κ1) is 14.7. The molecule has 0 saturated carbocycles. The van der Waals surface area contributed by atoms with Crippen LogP contribution in [0.4, 0.5) is 8.78 Å². The summed E-state index contributed by atoms with van der Waals surface area (Å²) in [5.74, 6) is 0.315. The molecule has 2 nitrogen and oxygen atoms in total. The lowest BCUT2D eigenvalue weighted by Crippen LogP contribution is -2.24. The lowest BCUT2D eigenvalue weighted by Gasteiger charge is -2.18. The van der Waals surface area contributed by atoms with E-state index in [1.165, 1.54) is 6.07 Å². The Balaban J connectivity index is 2.43. The maximum Gasteiger partial charge on any atom is 0.131 e. The Labute approximate surface area is 117 Å². The van der Waals surface area contributed by atoms with Gasteiger partial charge in [0.05, 0.1) is 6.04 Å². The second kappa shape index (κ2) is 6.18. The second-order valence-electron chi connectivity index (χ2n) is 4.96. The molecule has 1 heterocycles. The van der Waals surface area contributed by atoms with E-state index >= 15 is 0 Å². The Hall–Kier alpha value is -1.68. The van der Waals surface area contributed by atoms with Crippen molar-refractivity contribution in [2.24, 2.45) is 0 Å². The Kier molecular flexibility index (Phi) is 4.55. The molecule has 0 fully saturated rings. The second-order valence-corrected chi connectivity index (χ2v) is 4.96. The van der Waals surface area contributed by atoms with E-state index in [0.717, 1.165) is 24.8 Å². The molecule has 2 aromatic rings. The van der Waals surface area contributed by atoms with Crippen molar-refractivity contribution in [2.45, 2.75) is 33.2 Å². The molecule has 0 bridgehead atoms. The van der Waals surface area contributed by atoms with Gasteiger partial charge in [-0.05, 0) is 50.6 Å². The first-order valence-corrected chi connectivity index (χ1v) is 6.78. The number of halogens is 2. The molecule has 1 atom stereocenters. The summed E-state index contributed by atoms with van der Waals surface area (Å²) in [5.41, 5.74) is 0.833. The van der Waals surface area contributed by atoms with Gasteiger partial charge in [-0.15, -0.1) is 0 Å². The van der Waals surface area contributed by atoms with Crippen molar-refractivity contribution >= 4 is 0 Å². The number of rotatable bonds is 5. The van der Waals surface area contributed by atoms with E-state index in [1.807, 2.05) is 26.0 Å². The van der Waals surface area contributed by atoms with Gasteiger partial charge in [0.25, 0.3) is 0 Å². The molecule has 1 unspecified atom stereocenters. The zero-order chi connectivity index (χ0) is 14.7.